The minimum Gasteiger partial charge on any atom is -0.319 e. The number of benzene rings is 2. The molecule has 1 N–H and O–H groups in total. The third kappa shape index (κ3) is 2.91. The van der Waals surface area contributed by atoms with Gasteiger partial charge in [0.2, 0.25) is 0 Å². The Kier molecular flexibility index (Phi) is 4.17. The maximum atomic E-state index is 12.4. The number of carbonyl (C=O) groups is 1. The third-order valence-electron chi connectivity index (χ3n) is 2.81. The van der Waals surface area contributed by atoms with Gasteiger partial charge in [-0.25, -0.2) is 0 Å². The second-order valence-corrected chi connectivity index (χ2v) is 6.48. The molecule has 1 heterocycles. The highest BCUT2D eigenvalue weighted by atomic mass is 79.9. The quantitative estimate of drug-likeness (QED) is 0.616. The zero-order valence-electron chi connectivity index (χ0n) is 10.3. The Labute approximate surface area is 143 Å². The predicted octanol–water partition coefficient (Wildman–Crippen LogP) is 4.65. The first-order chi connectivity index (χ1) is 10.1. The van der Waals surface area contributed by atoms with Crippen LogP contribution in [0.5, 0.6) is 0 Å². The summed E-state index contributed by atoms with van der Waals surface area (Å²) in [5, 5.41) is 3.21. The van der Waals surface area contributed by atoms with E-state index in [0.29, 0.717) is 36.7 Å². The molecule has 0 saturated carbocycles. The summed E-state index contributed by atoms with van der Waals surface area (Å²) in [6, 6.07) is 8.69. The molecule has 0 atom stereocenters. The summed E-state index contributed by atoms with van der Waals surface area (Å²) < 4.78 is 8.98. The fraction of sp³-hybridized carbons (Fsp3) is 0. The molecule has 0 saturated heterocycles. The number of anilines is 1. The van der Waals surface area contributed by atoms with E-state index in [9.17, 15) is 4.79 Å². The molecule has 0 spiro atoms. The van der Waals surface area contributed by atoms with E-state index in [1.54, 1.807) is 30.3 Å². The number of nitrogens with one attached hydrogen (secondary N) is 1. The van der Waals surface area contributed by atoms with Gasteiger partial charge >= 0.3 is 0 Å². The monoisotopic (exact) mass is 399 g/mol. The van der Waals surface area contributed by atoms with Gasteiger partial charge in [0.25, 0.3) is 5.91 Å². The number of carbonyl (C=O) groups excluding carboxylic acids is 1. The molecule has 0 aliphatic heterocycles. The van der Waals surface area contributed by atoms with Crippen LogP contribution in [0.4, 0.5) is 5.69 Å². The first-order valence-corrected chi connectivity index (χ1v) is 8.12. The first kappa shape index (κ1) is 14.8. The number of rotatable bonds is 2. The number of nitrogens with zero attached hydrogens (tertiary/aromatic N) is 2. The Morgan fingerprint density at radius 1 is 1.29 bits per heavy atom. The number of amides is 1. The van der Waals surface area contributed by atoms with Crippen LogP contribution in [0.1, 0.15) is 10.4 Å². The maximum Gasteiger partial charge on any atom is 0.256 e. The average Bonchev–Trinajstić information content (AvgIpc) is 2.93. The third-order valence-corrected chi connectivity index (χ3v) is 4.64. The Morgan fingerprint density at radius 3 is 2.90 bits per heavy atom. The van der Waals surface area contributed by atoms with Gasteiger partial charge in [0.1, 0.15) is 11.0 Å². The van der Waals surface area contributed by atoms with Gasteiger partial charge in [0, 0.05) is 9.37 Å². The predicted molar refractivity (Wildman–Crippen MR) is 91.8 cm³/mol. The Hall–Kier alpha value is -1.15. The van der Waals surface area contributed by atoms with Gasteiger partial charge in [-0.15, -0.1) is 12.6 Å². The van der Waals surface area contributed by atoms with Crippen LogP contribution in [0.3, 0.4) is 0 Å². The van der Waals surface area contributed by atoms with Crippen LogP contribution < -0.4 is 5.32 Å². The summed E-state index contributed by atoms with van der Waals surface area (Å²) in [6.07, 6.45) is 0. The molecule has 3 aromatic rings. The lowest BCUT2D eigenvalue weighted by Crippen LogP contribution is -2.13. The molecule has 4 nitrogen and oxygen atoms in total. The van der Waals surface area contributed by atoms with Crippen LogP contribution in [-0.4, -0.2) is 14.7 Å². The molecular weight excluding hydrogens is 394 g/mol. The van der Waals surface area contributed by atoms with Crippen molar-refractivity contribution in [2.24, 2.45) is 0 Å². The molecule has 106 valence electrons. The molecule has 21 heavy (non-hydrogen) atoms. The van der Waals surface area contributed by atoms with Gasteiger partial charge in [-0.1, -0.05) is 11.6 Å². The van der Waals surface area contributed by atoms with E-state index in [4.69, 9.17) is 11.6 Å². The molecule has 8 heteroatoms. The van der Waals surface area contributed by atoms with E-state index >= 15 is 0 Å². The van der Waals surface area contributed by atoms with Gasteiger partial charge in [-0.2, -0.15) is 8.75 Å². The fourth-order valence-corrected chi connectivity index (χ4v) is 3.19. The van der Waals surface area contributed by atoms with Crippen LogP contribution in [-0.2, 0) is 0 Å². The topological polar surface area (TPSA) is 54.9 Å². The molecule has 2 aromatic carbocycles. The lowest BCUT2D eigenvalue weighted by Gasteiger charge is -2.09. The van der Waals surface area contributed by atoms with Crippen LogP contribution in [0.25, 0.3) is 11.0 Å². The Bertz CT molecular complexity index is 853. The highest BCUT2D eigenvalue weighted by Gasteiger charge is 2.16. The van der Waals surface area contributed by atoms with Crippen molar-refractivity contribution < 1.29 is 4.79 Å². The zero-order valence-corrected chi connectivity index (χ0v) is 14.4. The highest BCUT2D eigenvalue weighted by molar-refractivity contribution is 9.10. The van der Waals surface area contributed by atoms with Gasteiger partial charge in [-0.3, -0.25) is 4.79 Å². The van der Waals surface area contributed by atoms with E-state index in [1.165, 1.54) is 0 Å². The molecule has 0 bridgehead atoms. The van der Waals surface area contributed by atoms with Crippen molar-refractivity contribution in [2.75, 3.05) is 5.32 Å². The summed E-state index contributed by atoms with van der Waals surface area (Å²) in [4.78, 5) is 13.1. The lowest BCUT2D eigenvalue weighted by molar-refractivity contribution is 0.102. The van der Waals surface area contributed by atoms with Gasteiger partial charge in [0.05, 0.1) is 28.0 Å². The molecule has 0 radical (unpaired) electrons. The number of hydrogen-bond donors (Lipinski definition) is 2. The van der Waals surface area contributed by atoms with Crippen LogP contribution in [0, 0.1) is 0 Å². The van der Waals surface area contributed by atoms with Gasteiger partial charge in [-0.05, 0) is 46.3 Å². The largest absolute Gasteiger partial charge is 0.319 e. The average molecular weight is 401 g/mol. The van der Waals surface area contributed by atoms with Crippen molar-refractivity contribution in [1.82, 2.24) is 8.75 Å². The second kappa shape index (κ2) is 5.92. The smallest absolute Gasteiger partial charge is 0.256 e. The van der Waals surface area contributed by atoms with Crippen LogP contribution in [0.2, 0.25) is 5.02 Å². The second-order valence-electron chi connectivity index (χ2n) is 4.17. The normalized spacial score (nSPS) is 10.8. The first-order valence-electron chi connectivity index (χ1n) is 5.77. The summed E-state index contributed by atoms with van der Waals surface area (Å²) in [7, 11) is 0. The highest BCUT2D eigenvalue weighted by Crippen LogP contribution is 2.31. The fourth-order valence-electron chi connectivity index (χ4n) is 1.81. The van der Waals surface area contributed by atoms with Crippen LogP contribution >= 0.6 is 51.9 Å². The summed E-state index contributed by atoms with van der Waals surface area (Å²) in [5.41, 5.74) is 2.21. The van der Waals surface area contributed by atoms with Crippen molar-refractivity contribution in [1.29, 1.82) is 0 Å². The molecule has 0 aliphatic rings. The van der Waals surface area contributed by atoms with Gasteiger partial charge in [0.15, 0.2) is 0 Å². The molecule has 0 unspecified atom stereocenters. The molecule has 0 aliphatic carbocycles. The van der Waals surface area contributed by atoms with E-state index in [1.807, 2.05) is 0 Å². The molecule has 1 amide bonds. The van der Waals surface area contributed by atoms with E-state index in [2.05, 4.69) is 42.6 Å². The van der Waals surface area contributed by atoms with Crippen molar-refractivity contribution in [3.05, 3.63) is 45.4 Å². The Balaban J connectivity index is 2.02. The van der Waals surface area contributed by atoms with Crippen molar-refractivity contribution in [3.63, 3.8) is 0 Å². The minimum absolute atomic E-state index is 0.292. The lowest BCUT2D eigenvalue weighted by atomic mass is 10.2. The summed E-state index contributed by atoms with van der Waals surface area (Å²) >= 11 is 14.8. The summed E-state index contributed by atoms with van der Waals surface area (Å²) in [5.74, 6) is -0.292. The molecule has 0 fully saturated rings. The number of fused-ring (bicyclic) bond motifs is 1. The molecule has 3 rings (SSSR count). The zero-order chi connectivity index (χ0) is 15.0. The van der Waals surface area contributed by atoms with Crippen molar-refractivity contribution in [2.45, 2.75) is 4.90 Å². The van der Waals surface area contributed by atoms with E-state index < -0.39 is 0 Å². The molecule has 1 aromatic heterocycles. The number of halogens is 2. The maximum absolute atomic E-state index is 12.4. The SMILES string of the molecule is O=C(Nc1c(Cl)ccc2nsnc12)c1cc(S)ccc1Br. The Morgan fingerprint density at radius 2 is 2.10 bits per heavy atom. The van der Waals surface area contributed by atoms with E-state index in [0.717, 1.165) is 11.7 Å². The number of aromatic nitrogens is 2. The van der Waals surface area contributed by atoms with E-state index in [-0.39, 0.29) is 5.91 Å². The van der Waals surface area contributed by atoms with Gasteiger partial charge < -0.3 is 5.32 Å². The van der Waals surface area contributed by atoms with Crippen molar-refractivity contribution in [3.8, 4) is 0 Å². The minimum atomic E-state index is -0.292. The summed E-state index contributed by atoms with van der Waals surface area (Å²) in [6.45, 7) is 0. The number of thiol groups is 1. The molecular formula is C13H7BrClN3OS2. The van der Waals surface area contributed by atoms with Crippen molar-refractivity contribution >= 4 is 74.5 Å². The number of hydrogen-bond acceptors (Lipinski definition) is 5. The van der Waals surface area contributed by atoms with Crippen LogP contribution in [0.15, 0.2) is 39.7 Å². The standard InChI is InChI=1S/C13H7BrClN3OS2/c14-8-2-1-6(20)5-7(8)13(19)16-11-9(15)3-4-10-12(11)18-21-17-10/h1-5,20H,(H,16,19).